The molecule has 10 nitrogen and oxygen atoms in total. The fourth-order valence-electron chi connectivity index (χ4n) is 1.45. The van der Waals surface area contributed by atoms with Gasteiger partial charge in [-0.05, 0) is 25.7 Å². The van der Waals surface area contributed by atoms with Gasteiger partial charge in [0.1, 0.15) is 0 Å². The quantitative estimate of drug-likeness (QED) is 0.110. The minimum Gasteiger partial charge on any atom is -0.370 e. The molecule has 2 amide bonds. The van der Waals surface area contributed by atoms with Gasteiger partial charge in [0.05, 0.1) is 0 Å². The van der Waals surface area contributed by atoms with Crippen LogP contribution in [0.4, 0.5) is 0 Å². The molecule has 0 spiro atoms. The van der Waals surface area contributed by atoms with E-state index in [2.05, 4.69) is 20.6 Å². The second kappa shape index (κ2) is 12.2. The van der Waals surface area contributed by atoms with Crippen molar-refractivity contribution >= 4 is 23.7 Å². The van der Waals surface area contributed by atoms with Crippen molar-refractivity contribution in [1.82, 2.24) is 10.6 Å². The zero-order valence-electron chi connectivity index (χ0n) is 12.7. The van der Waals surface area contributed by atoms with Crippen LogP contribution in [0.5, 0.6) is 0 Å². The number of carbonyl (C=O) groups excluding carboxylic acids is 2. The van der Waals surface area contributed by atoms with Crippen molar-refractivity contribution in [3.8, 4) is 0 Å². The van der Waals surface area contributed by atoms with Crippen LogP contribution >= 0.6 is 0 Å². The molecule has 0 radical (unpaired) electrons. The van der Waals surface area contributed by atoms with Gasteiger partial charge in [0, 0.05) is 26.2 Å². The molecule has 22 heavy (non-hydrogen) atoms. The van der Waals surface area contributed by atoms with E-state index in [0.717, 1.165) is 12.8 Å². The van der Waals surface area contributed by atoms with Gasteiger partial charge in [0.2, 0.25) is 0 Å². The van der Waals surface area contributed by atoms with Crippen LogP contribution in [0.3, 0.4) is 0 Å². The molecular formula is C12H26N8O2. The van der Waals surface area contributed by atoms with Gasteiger partial charge < -0.3 is 33.6 Å². The van der Waals surface area contributed by atoms with Crippen molar-refractivity contribution in [2.24, 2.45) is 32.9 Å². The molecule has 0 bridgehead atoms. The number of hydrogen-bond acceptors (Lipinski definition) is 4. The Morgan fingerprint density at radius 3 is 1.36 bits per heavy atom. The van der Waals surface area contributed by atoms with E-state index < -0.39 is 11.8 Å². The summed E-state index contributed by atoms with van der Waals surface area (Å²) >= 11 is 0. The van der Waals surface area contributed by atoms with E-state index in [-0.39, 0.29) is 11.9 Å². The van der Waals surface area contributed by atoms with Gasteiger partial charge >= 0.3 is 11.8 Å². The third-order valence-corrected chi connectivity index (χ3v) is 2.54. The molecule has 0 saturated heterocycles. The van der Waals surface area contributed by atoms with Gasteiger partial charge in [-0.1, -0.05) is 0 Å². The highest BCUT2D eigenvalue weighted by Crippen LogP contribution is 1.89. The van der Waals surface area contributed by atoms with E-state index in [0.29, 0.717) is 39.0 Å². The number of carbonyl (C=O) groups is 2. The van der Waals surface area contributed by atoms with Gasteiger partial charge in [0.25, 0.3) is 0 Å². The minimum absolute atomic E-state index is 0.0447. The first-order chi connectivity index (χ1) is 10.4. The van der Waals surface area contributed by atoms with Crippen molar-refractivity contribution in [2.75, 3.05) is 26.2 Å². The Hall–Kier alpha value is -2.52. The summed E-state index contributed by atoms with van der Waals surface area (Å²) in [4.78, 5) is 30.5. The van der Waals surface area contributed by atoms with E-state index in [9.17, 15) is 9.59 Å². The monoisotopic (exact) mass is 314 g/mol. The lowest BCUT2D eigenvalue weighted by Crippen LogP contribution is -2.40. The zero-order chi connectivity index (χ0) is 16.8. The molecule has 0 rings (SSSR count). The average Bonchev–Trinajstić information content (AvgIpc) is 2.45. The molecular weight excluding hydrogens is 288 g/mol. The second-order valence-electron chi connectivity index (χ2n) is 4.54. The molecule has 0 aromatic rings. The molecule has 10 heteroatoms. The Labute approximate surface area is 129 Å². The highest BCUT2D eigenvalue weighted by molar-refractivity contribution is 6.35. The summed E-state index contributed by atoms with van der Waals surface area (Å²) in [5, 5.41) is 5.04. The van der Waals surface area contributed by atoms with Gasteiger partial charge in [-0.15, -0.1) is 0 Å². The van der Waals surface area contributed by atoms with Crippen LogP contribution in [-0.4, -0.2) is 49.9 Å². The number of nitrogens with one attached hydrogen (secondary N) is 2. The predicted molar refractivity (Wildman–Crippen MR) is 85.8 cm³/mol. The lowest BCUT2D eigenvalue weighted by atomic mass is 10.3. The SMILES string of the molecule is NC(N)=NCCCCNC(=O)C(=O)NCCCCN=C(N)N. The summed E-state index contributed by atoms with van der Waals surface area (Å²) in [6.45, 7) is 1.80. The van der Waals surface area contributed by atoms with Crippen LogP contribution < -0.4 is 33.6 Å². The third kappa shape index (κ3) is 12.5. The summed E-state index contributed by atoms with van der Waals surface area (Å²) in [7, 11) is 0. The lowest BCUT2D eigenvalue weighted by Gasteiger charge is -2.06. The normalized spacial score (nSPS) is 9.64. The summed E-state index contributed by atoms with van der Waals surface area (Å²) in [5.41, 5.74) is 20.7. The van der Waals surface area contributed by atoms with Crippen LogP contribution in [0.15, 0.2) is 9.98 Å². The lowest BCUT2D eigenvalue weighted by molar-refractivity contribution is -0.139. The molecule has 0 aromatic carbocycles. The van der Waals surface area contributed by atoms with Crippen molar-refractivity contribution in [3.63, 3.8) is 0 Å². The van der Waals surface area contributed by atoms with Crippen molar-refractivity contribution < 1.29 is 9.59 Å². The number of amides is 2. The average molecular weight is 314 g/mol. The Bertz CT molecular complexity index is 362. The molecule has 0 aliphatic rings. The highest BCUT2D eigenvalue weighted by Gasteiger charge is 2.11. The molecule has 0 unspecified atom stereocenters. The van der Waals surface area contributed by atoms with Crippen LogP contribution in [0.2, 0.25) is 0 Å². The number of rotatable bonds is 10. The van der Waals surface area contributed by atoms with Crippen molar-refractivity contribution in [1.29, 1.82) is 0 Å². The highest BCUT2D eigenvalue weighted by atomic mass is 16.2. The summed E-state index contributed by atoms with van der Waals surface area (Å²) in [6.07, 6.45) is 2.83. The molecule has 10 N–H and O–H groups in total. The number of aliphatic imine (C=N–C) groups is 2. The Balaban J connectivity index is 3.57. The maximum Gasteiger partial charge on any atom is 0.309 e. The maximum absolute atomic E-state index is 11.4. The van der Waals surface area contributed by atoms with E-state index >= 15 is 0 Å². The first kappa shape index (κ1) is 19.5. The van der Waals surface area contributed by atoms with Gasteiger partial charge in [-0.3, -0.25) is 19.6 Å². The van der Waals surface area contributed by atoms with Gasteiger partial charge in [-0.25, -0.2) is 0 Å². The fraction of sp³-hybridized carbons (Fsp3) is 0.667. The topological polar surface area (TPSA) is 187 Å². The van der Waals surface area contributed by atoms with Crippen LogP contribution in [0.1, 0.15) is 25.7 Å². The van der Waals surface area contributed by atoms with Crippen molar-refractivity contribution in [2.45, 2.75) is 25.7 Å². The minimum atomic E-state index is -0.647. The molecule has 0 saturated carbocycles. The first-order valence-electron chi connectivity index (χ1n) is 7.10. The van der Waals surface area contributed by atoms with E-state index in [1.54, 1.807) is 0 Å². The molecule has 0 aromatic heterocycles. The fourth-order valence-corrected chi connectivity index (χ4v) is 1.45. The summed E-state index contributed by atoms with van der Waals surface area (Å²) < 4.78 is 0. The van der Waals surface area contributed by atoms with Crippen molar-refractivity contribution in [3.05, 3.63) is 0 Å². The zero-order valence-corrected chi connectivity index (χ0v) is 12.7. The van der Waals surface area contributed by atoms with Crippen LogP contribution in [0, 0.1) is 0 Å². The molecule has 0 aliphatic carbocycles. The molecule has 0 heterocycles. The van der Waals surface area contributed by atoms with E-state index in [1.165, 1.54) is 0 Å². The summed E-state index contributed by atoms with van der Waals surface area (Å²) in [6, 6.07) is 0. The molecule has 126 valence electrons. The molecule has 0 atom stereocenters. The Morgan fingerprint density at radius 1 is 0.682 bits per heavy atom. The van der Waals surface area contributed by atoms with Gasteiger partial charge in [-0.2, -0.15) is 0 Å². The number of guanidine groups is 2. The van der Waals surface area contributed by atoms with E-state index in [4.69, 9.17) is 22.9 Å². The third-order valence-electron chi connectivity index (χ3n) is 2.54. The number of nitrogens with zero attached hydrogens (tertiary/aromatic N) is 2. The van der Waals surface area contributed by atoms with Crippen LogP contribution in [0.25, 0.3) is 0 Å². The number of unbranched alkanes of at least 4 members (excludes halogenated alkanes) is 2. The Kier molecular flexibility index (Phi) is 10.8. The second-order valence-corrected chi connectivity index (χ2v) is 4.54. The number of nitrogens with two attached hydrogens (primary N) is 4. The van der Waals surface area contributed by atoms with E-state index in [1.807, 2.05) is 0 Å². The van der Waals surface area contributed by atoms with Gasteiger partial charge in [0.15, 0.2) is 11.9 Å². The standard InChI is InChI=1S/C12H26N8O2/c13-11(14)19-7-3-1-5-17-9(21)10(22)18-6-2-4-8-20-12(15)16/h1-8H2,(H,17,21)(H,18,22)(H4,13,14,19)(H4,15,16,20). The first-order valence-corrected chi connectivity index (χ1v) is 7.10. The molecule has 0 aliphatic heterocycles. The smallest absolute Gasteiger partial charge is 0.309 e. The number of hydrogen-bond donors (Lipinski definition) is 6. The summed E-state index contributed by atoms with van der Waals surface area (Å²) in [5.74, 6) is -1.20. The Morgan fingerprint density at radius 2 is 1.05 bits per heavy atom. The molecule has 0 fully saturated rings. The predicted octanol–water partition coefficient (Wildman–Crippen LogP) is -2.67. The maximum atomic E-state index is 11.4. The largest absolute Gasteiger partial charge is 0.370 e. The van der Waals surface area contributed by atoms with Crippen LogP contribution in [-0.2, 0) is 9.59 Å².